The van der Waals surface area contributed by atoms with Gasteiger partial charge in [-0.25, -0.2) is 0 Å². The smallest absolute Gasteiger partial charge is 0.243 e. The van der Waals surface area contributed by atoms with Crippen molar-refractivity contribution in [3.63, 3.8) is 0 Å². The molecule has 5 heteroatoms. The molecule has 1 spiro atoms. The van der Waals surface area contributed by atoms with Gasteiger partial charge in [0.15, 0.2) is 5.78 Å². The van der Waals surface area contributed by atoms with Crippen LogP contribution in [0.4, 0.5) is 5.69 Å². The molecule has 1 unspecified atom stereocenters. The summed E-state index contributed by atoms with van der Waals surface area (Å²) >= 11 is 3.46. The number of nitrogens with one attached hydrogen (secondary N) is 1. The Morgan fingerprint density at radius 3 is 2.78 bits per heavy atom. The Kier molecular flexibility index (Phi) is 2.92. The summed E-state index contributed by atoms with van der Waals surface area (Å²) in [7, 11) is 0. The van der Waals surface area contributed by atoms with Gasteiger partial charge < -0.3 is 10.1 Å². The van der Waals surface area contributed by atoms with Crippen LogP contribution in [-0.2, 0) is 19.7 Å². The van der Waals surface area contributed by atoms with E-state index in [0.717, 1.165) is 15.7 Å². The summed E-state index contributed by atoms with van der Waals surface area (Å²) in [5.41, 5.74) is 0.817. The zero-order valence-corrected chi connectivity index (χ0v) is 14.5. The molecule has 0 bridgehead atoms. The van der Waals surface area contributed by atoms with Gasteiger partial charge >= 0.3 is 0 Å². The molecule has 0 aromatic heterocycles. The first kappa shape index (κ1) is 14.7. The van der Waals surface area contributed by atoms with Crippen molar-refractivity contribution in [3.8, 4) is 0 Å². The van der Waals surface area contributed by atoms with Gasteiger partial charge in [-0.15, -0.1) is 0 Å². The van der Waals surface area contributed by atoms with Crippen LogP contribution in [0.3, 0.4) is 0 Å². The van der Waals surface area contributed by atoms with Gasteiger partial charge in [0.05, 0.1) is 11.8 Å². The number of ketones is 1. The molecular weight excluding hydrogens is 358 g/mol. The average molecular weight is 374 g/mol. The van der Waals surface area contributed by atoms with E-state index in [-0.39, 0.29) is 17.1 Å². The van der Waals surface area contributed by atoms with Crippen molar-refractivity contribution in [1.29, 1.82) is 0 Å². The lowest BCUT2D eigenvalue weighted by Crippen LogP contribution is -2.43. The van der Waals surface area contributed by atoms with Gasteiger partial charge in [0.25, 0.3) is 0 Å². The third-order valence-corrected chi connectivity index (χ3v) is 5.26. The number of Topliss-reactive ketones (excluding diaryl/α,β-unsaturated/α-hetero) is 1. The van der Waals surface area contributed by atoms with Crippen LogP contribution >= 0.6 is 15.9 Å². The van der Waals surface area contributed by atoms with Crippen LogP contribution in [0.25, 0.3) is 0 Å². The molecule has 0 saturated carbocycles. The van der Waals surface area contributed by atoms with Gasteiger partial charge in [-0.2, -0.15) is 0 Å². The van der Waals surface area contributed by atoms with E-state index in [0.29, 0.717) is 24.2 Å². The second-order valence-corrected chi connectivity index (χ2v) is 8.03. The number of ether oxygens (including phenoxy) is 1. The topological polar surface area (TPSA) is 55.4 Å². The highest BCUT2D eigenvalue weighted by molar-refractivity contribution is 9.10. The number of benzene rings is 1. The molecule has 1 aromatic carbocycles. The highest BCUT2D eigenvalue weighted by Gasteiger charge is 2.55. The Morgan fingerprint density at radius 2 is 2.00 bits per heavy atom. The number of hydrogen-bond acceptors (Lipinski definition) is 3. The summed E-state index contributed by atoms with van der Waals surface area (Å²) in [4.78, 5) is 25.7. The van der Waals surface area contributed by atoms with Gasteiger partial charge in [-0.1, -0.05) is 29.8 Å². The Morgan fingerprint density at radius 1 is 1.22 bits per heavy atom. The normalized spacial score (nSPS) is 27.6. The predicted molar refractivity (Wildman–Crippen MR) is 89.7 cm³/mol. The molecular formula is C18H16BrNO3. The molecule has 23 heavy (non-hydrogen) atoms. The lowest BCUT2D eigenvalue weighted by molar-refractivity contribution is -0.124. The first-order chi connectivity index (χ1) is 10.8. The van der Waals surface area contributed by atoms with E-state index in [1.165, 1.54) is 0 Å². The van der Waals surface area contributed by atoms with Crippen LogP contribution in [0.15, 0.2) is 46.3 Å². The number of allylic oxidation sites excluding steroid dienone is 1. The summed E-state index contributed by atoms with van der Waals surface area (Å²) in [5.74, 6) is 0.422. The largest absolute Gasteiger partial charge is 0.469 e. The molecule has 1 N–H and O–H groups in total. The highest BCUT2D eigenvalue weighted by atomic mass is 79.9. The SMILES string of the molecule is CC1(C)CC(=O)C2=C(C1)OC=CC21C(=O)Nc2ccc(Br)cc21. The van der Waals surface area contributed by atoms with Gasteiger partial charge in [-0.3, -0.25) is 9.59 Å². The lowest BCUT2D eigenvalue weighted by Gasteiger charge is -2.38. The van der Waals surface area contributed by atoms with E-state index >= 15 is 0 Å². The second kappa shape index (κ2) is 4.57. The maximum Gasteiger partial charge on any atom is 0.243 e. The van der Waals surface area contributed by atoms with E-state index in [1.807, 2.05) is 32.0 Å². The summed E-state index contributed by atoms with van der Waals surface area (Å²) in [6.45, 7) is 4.09. The van der Waals surface area contributed by atoms with Gasteiger partial charge in [0, 0.05) is 28.6 Å². The van der Waals surface area contributed by atoms with Crippen molar-refractivity contribution < 1.29 is 14.3 Å². The zero-order chi connectivity index (χ0) is 16.4. The lowest BCUT2D eigenvalue weighted by atomic mass is 9.65. The minimum Gasteiger partial charge on any atom is -0.469 e. The maximum atomic E-state index is 12.9. The Bertz CT molecular complexity index is 822. The van der Waals surface area contributed by atoms with Crippen molar-refractivity contribution in [3.05, 3.63) is 51.9 Å². The first-order valence-electron chi connectivity index (χ1n) is 7.56. The molecule has 0 saturated heterocycles. The summed E-state index contributed by atoms with van der Waals surface area (Å²) in [6.07, 6.45) is 4.32. The third-order valence-electron chi connectivity index (χ3n) is 4.77. The highest BCUT2D eigenvalue weighted by Crippen LogP contribution is 2.52. The second-order valence-electron chi connectivity index (χ2n) is 7.11. The van der Waals surface area contributed by atoms with Crippen LogP contribution in [0.2, 0.25) is 0 Å². The molecule has 4 nitrogen and oxygen atoms in total. The van der Waals surface area contributed by atoms with Crippen LogP contribution in [0.5, 0.6) is 0 Å². The van der Waals surface area contributed by atoms with E-state index in [9.17, 15) is 9.59 Å². The zero-order valence-electron chi connectivity index (χ0n) is 12.9. The molecule has 0 radical (unpaired) electrons. The van der Waals surface area contributed by atoms with Crippen molar-refractivity contribution in [1.82, 2.24) is 0 Å². The summed E-state index contributed by atoms with van der Waals surface area (Å²) < 4.78 is 6.53. The van der Waals surface area contributed by atoms with E-state index < -0.39 is 5.41 Å². The van der Waals surface area contributed by atoms with E-state index in [2.05, 4.69) is 21.2 Å². The number of halogens is 1. The fourth-order valence-electron chi connectivity index (χ4n) is 3.81. The number of amides is 1. The first-order valence-corrected chi connectivity index (χ1v) is 8.35. The minimum atomic E-state index is -1.07. The molecule has 0 fully saturated rings. The summed E-state index contributed by atoms with van der Waals surface area (Å²) in [5, 5.41) is 2.91. The Labute approximate surface area is 142 Å². The van der Waals surface area contributed by atoms with Crippen molar-refractivity contribution in [2.75, 3.05) is 5.32 Å². The van der Waals surface area contributed by atoms with Crippen LogP contribution in [0.1, 0.15) is 32.3 Å². The molecule has 1 amide bonds. The van der Waals surface area contributed by atoms with Gasteiger partial charge in [0.2, 0.25) is 5.91 Å². The van der Waals surface area contributed by atoms with Crippen LogP contribution in [-0.4, -0.2) is 11.7 Å². The number of hydrogen-bond donors (Lipinski definition) is 1. The quantitative estimate of drug-likeness (QED) is 0.751. The van der Waals surface area contributed by atoms with Crippen LogP contribution in [0, 0.1) is 5.41 Å². The van der Waals surface area contributed by atoms with Gasteiger partial charge in [0.1, 0.15) is 11.2 Å². The standard InChI is InChI=1S/C18H16BrNO3/c1-17(2)8-13(21)15-14(9-17)23-6-5-18(15)11-7-10(19)3-4-12(11)20-16(18)22/h3-7H,8-9H2,1-2H3,(H,20,22). The molecule has 2 heterocycles. The molecule has 118 valence electrons. The molecule has 2 aliphatic heterocycles. The van der Waals surface area contributed by atoms with E-state index in [1.54, 1.807) is 12.3 Å². The maximum absolute atomic E-state index is 12.9. The molecule has 3 aliphatic rings. The number of anilines is 1. The van der Waals surface area contributed by atoms with Crippen molar-refractivity contribution >= 4 is 33.3 Å². The number of fused-ring (bicyclic) bond motifs is 3. The number of rotatable bonds is 0. The fraction of sp³-hybridized carbons (Fsp3) is 0.333. The third kappa shape index (κ3) is 1.96. The number of carbonyl (C=O) groups is 2. The van der Waals surface area contributed by atoms with Crippen LogP contribution < -0.4 is 5.32 Å². The monoisotopic (exact) mass is 373 g/mol. The summed E-state index contributed by atoms with van der Waals surface area (Å²) in [6, 6.07) is 5.63. The average Bonchev–Trinajstić information content (AvgIpc) is 2.71. The molecule has 1 aromatic rings. The Hall–Kier alpha value is -1.88. The minimum absolute atomic E-state index is 0.0106. The fourth-order valence-corrected chi connectivity index (χ4v) is 4.18. The molecule has 1 atom stereocenters. The molecule has 1 aliphatic carbocycles. The van der Waals surface area contributed by atoms with E-state index in [4.69, 9.17) is 4.74 Å². The van der Waals surface area contributed by atoms with Gasteiger partial charge in [-0.05, 0) is 29.7 Å². The number of carbonyl (C=O) groups excluding carboxylic acids is 2. The predicted octanol–water partition coefficient (Wildman–Crippen LogP) is 3.83. The van der Waals surface area contributed by atoms with Crippen molar-refractivity contribution in [2.45, 2.75) is 32.1 Å². The Balaban J connectivity index is 1.99. The van der Waals surface area contributed by atoms with Crippen molar-refractivity contribution in [2.24, 2.45) is 5.41 Å². The molecule has 4 rings (SSSR count).